The number of nitriles is 1. The minimum atomic E-state index is -0.103. The molecule has 1 aliphatic rings. The van der Waals surface area contributed by atoms with Gasteiger partial charge in [-0.2, -0.15) is 5.26 Å². The summed E-state index contributed by atoms with van der Waals surface area (Å²) in [6.45, 7) is 3.97. The monoisotopic (exact) mass is 299 g/mol. The Labute approximate surface area is 108 Å². The molecular weight excluding hydrogens is 286 g/mol. The quantitative estimate of drug-likeness (QED) is 0.911. The minimum absolute atomic E-state index is 0.103. The van der Waals surface area contributed by atoms with Crippen LogP contribution < -0.4 is 5.32 Å². The molecule has 1 N–H and O–H groups in total. The maximum atomic E-state index is 9.34. The lowest BCUT2D eigenvalue weighted by molar-refractivity contribution is 0.255. The third-order valence-electron chi connectivity index (χ3n) is 2.76. The highest BCUT2D eigenvalue weighted by Gasteiger charge is 2.23. The normalized spacial score (nSPS) is 20.0. The average molecular weight is 300 g/mol. The first kappa shape index (κ1) is 12.1. The zero-order valence-electron chi connectivity index (χ0n) is 8.95. The van der Waals surface area contributed by atoms with Gasteiger partial charge in [0.05, 0.1) is 10.9 Å². The number of hydrogen-bond acceptors (Lipinski definition) is 4. The molecule has 0 amide bonds. The van der Waals surface area contributed by atoms with Crippen LogP contribution in [-0.4, -0.2) is 31.1 Å². The fourth-order valence-electron chi connectivity index (χ4n) is 1.93. The van der Waals surface area contributed by atoms with E-state index >= 15 is 0 Å². The molecule has 0 spiro atoms. The van der Waals surface area contributed by atoms with Crippen molar-refractivity contribution in [3.63, 3.8) is 0 Å². The number of nitrogens with one attached hydrogen (secondary N) is 1. The second kappa shape index (κ2) is 5.78. The lowest BCUT2D eigenvalue weighted by Crippen LogP contribution is -2.31. The van der Waals surface area contributed by atoms with Gasteiger partial charge in [0.15, 0.2) is 0 Å². The summed E-state index contributed by atoms with van der Waals surface area (Å²) in [5.74, 6) is 0. The first-order valence-electron chi connectivity index (χ1n) is 5.40. The van der Waals surface area contributed by atoms with Gasteiger partial charge in [-0.25, -0.2) is 0 Å². The Morgan fingerprint density at radius 2 is 2.38 bits per heavy atom. The Hall–Kier alpha value is -0.410. The third-order valence-corrected chi connectivity index (χ3v) is 4.68. The average Bonchev–Trinajstić information content (AvgIpc) is 2.57. The van der Waals surface area contributed by atoms with Crippen molar-refractivity contribution < 1.29 is 0 Å². The van der Waals surface area contributed by atoms with E-state index < -0.39 is 0 Å². The maximum absolute atomic E-state index is 9.34. The van der Waals surface area contributed by atoms with Crippen LogP contribution in [0.2, 0.25) is 0 Å². The molecule has 1 atom stereocenters. The van der Waals surface area contributed by atoms with Crippen LogP contribution in [0.3, 0.4) is 0 Å². The van der Waals surface area contributed by atoms with Gasteiger partial charge in [-0.05, 0) is 40.3 Å². The van der Waals surface area contributed by atoms with Crippen LogP contribution in [-0.2, 0) is 0 Å². The molecule has 2 rings (SSSR count). The van der Waals surface area contributed by atoms with Crippen LogP contribution in [0, 0.1) is 11.3 Å². The summed E-state index contributed by atoms with van der Waals surface area (Å²) in [7, 11) is 0. The number of rotatable bonds is 2. The molecule has 1 unspecified atom stereocenters. The van der Waals surface area contributed by atoms with Gasteiger partial charge in [-0.3, -0.25) is 4.90 Å². The lowest BCUT2D eigenvalue weighted by atomic mass is 10.2. The highest BCUT2D eigenvalue weighted by Crippen LogP contribution is 2.32. The van der Waals surface area contributed by atoms with Gasteiger partial charge in [0.25, 0.3) is 0 Å². The Balaban J connectivity index is 2.16. The Kier molecular flexibility index (Phi) is 4.36. The SMILES string of the molecule is N#CC(c1sccc1Br)N1CCCNCC1. The third kappa shape index (κ3) is 2.64. The lowest BCUT2D eigenvalue weighted by Gasteiger charge is -2.24. The number of halogens is 1. The zero-order valence-corrected chi connectivity index (χ0v) is 11.4. The van der Waals surface area contributed by atoms with Gasteiger partial charge in [0, 0.05) is 24.1 Å². The summed E-state index contributed by atoms with van der Waals surface area (Å²) in [6.07, 6.45) is 1.11. The molecule has 86 valence electrons. The summed E-state index contributed by atoms with van der Waals surface area (Å²) in [5.41, 5.74) is 0. The van der Waals surface area contributed by atoms with E-state index in [4.69, 9.17) is 0 Å². The van der Waals surface area contributed by atoms with Gasteiger partial charge in [-0.15, -0.1) is 11.3 Å². The molecule has 1 aromatic rings. The van der Waals surface area contributed by atoms with Crippen LogP contribution in [0.1, 0.15) is 17.3 Å². The molecule has 5 heteroatoms. The van der Waals surface area contributed by atoms with Gasteiger partial charge >= 0.3 is 0 Å². The summed E-state index contributed by atoms with van der Waals surface area (Å²) >= 11 is 5.16. The second-order valence-electron chi connectivity index (χ2n) is 3.80. The zero-order chi connectivity index (χ0) is 11.4. The molecular formula is C11H14BrN3S. The van der Waals surface area contributed by atoms with E-state index in [-0.39, 0.29) is 6.04 Å². The topological polar surface area (TPSA) is 39.1 Å². The standard InChI is InChI=1S/C11H14BrN3S/c12-9-2-7-16-11(9)10(8-13)15-5-1-3-14-4-6-15/h2,7,10,14H,1,3-6H2. The first-order chi connectivity index (χ1) is 7.83. The minimum Gasteiger partial charge on any atom is -0.315 e. The number of hydrogen-bond donors (Lipinski definition) is 1. The van der Waals surface area contributed by atoms with Crippen molar-refractivity contribution in [2.24, 2.45) is 0 Å². The van der Waals surface area contributed by atoms with Crippen molar-refractivity contribution >= 4 is 27.3 Å². The van der Waals surface area contributed by atoms with E-state index in [0.29, 0.717) is 0 Å². The van der Waals surface area contributed by atoms with Gasteiger partial charge in [0.1, 0.15) is 6.04 Å². The molecule has 2 heterocycles. The maximum Gasteiger partial charge on any atom is 0.134 e. The molecule has 0 saturated carbocycles. The number of thiophene rings is 1. The van der Waals surface area contributed by atoms with Crippen LogP contribution in [0.25, 0.3) is 0 Å². The van der Waals surface area contributed by atoms with E-state index in [1.165, 1.54) is 0 Å². The second-order valence-corrected chi connectivity index (χ2v) is 5.61. The predicted octanol–water partition coefficient (Wildman–Crippen LogP) is 2.37. The van der Waals surface area contributed by atoms with Crippen molar-refractivity contribution in [2.45, 2.75) is 12.5 Å². The molecule has 0 aromatic carbocycles. The summed E-state index contributed by atoms with van der Waals surface area (Å²) in [4.78, 5) is 3.39. The fraction of sp³-hybridized carbons (Fsp3) is 0.545. The molecule has 1 aliphatic heterocycles. The van der Waals surface area contributed by atoms with Crippen LogP contribution in [0.4, 0.5) is 0 Å². The molecule has 3 nitrogen and oxygen atoms in total. The van der Waals surface area contributed by atoms with E-state index in [0.717, 1.165) is 41.9 Å². The highest BCUT2D eigenvalue weighted by molar-refractivity contribution is 9.10. The first-order valence-corrected chi connectivity index (χ1v) is 7.07. The largest absolute Gasteiger partial charge is 0.315 e. The Morgan fingerprint density at radius 3 is 3.06 bits per heavy atom. The molecule has 1 saturated heterocycles. The van der Waals surface area contributed by atoms with Crippen molar-refractivity contribution in [3.05, 3.63) is 20.8 Å². The van der Waals surface area contributed by atoms with E-state index in [9.17, 15) is 5.26 Å². The molecule has 16 heavy (non-hydrogen) atoms. The summed E-state index contributed by atoms with van der Waals surface area (Å²) in [6, 6.07) is 4.33. The van der Waals surface area contributed by atoms with Crippen LogP contribution >= 0.6 is 27.3 Å². The van der Waals surface area contributed by atoms with Crippen molar-refractivity contribution in [1.82, 2.24) is 10.2 Å². The molecule has 0 radical (unpaired) electrons. The van der Waals surface area contributed by atoms with E-state index in [1.54, 1.807) is 11.3 Å². The Bertz CT molecular complexity index is 377. The summed E-state index contributed by atoms with van der Waals surface area (Å²) < 4.78 is 1.06. The summed E-state index contributed by atoms with van der Waals surface area (Å²) in [5, 5.41) is 14.7. The van der Waals surface area contributed by atoms with Gasteiger partial charge in [0.2, 0.25) is 0 Å². The smallest absolute Gasteiger partial charge is 0.134 e. The Morgan fingerprint density at radius 1 is 1.50 bits per heavy atom. The van der Waals surface area contributed by atoms with Gasteiger partial charge in [-0.1, -0.05) is 0 Å². The van der Waals surface area contributed by atoms with Crippen molar-refractivity contribution in [2.75, 3.05) is 26.2 Å². The van der Waals surface area contributed by atoms with Crippen molar-refractivity contribution in [3.8, 4) is 6.07 Å². The van der Waals surface area contributed by atoms with Crippen molar-refractivity contribution in [1.29, 1.82) is 5.26 Å². The number of nitrogens with zero attached hydrogens (tertiary/aromatic N) is 2. The highest BCUT2D eigenvalue weighted by atomic mass is 79.9. The van der Waals surface area contributed by atoms with Gasteiger partial charge < -0.3 is 5.32 Å². The van der Waals surface area contributed by atoms with E-state index in [1.807, 2.05) is 11.4 Å². The molecule has 0 bridgehead atoms. The molecule has 1 fully saturated rings. The molecule has 0 aliphatic carbocycles. The fourth-order valence-corrected chi connectivity index (χ4v) is 3.60. The predicted molar refractivity (Wildman–Crippen MR) is 69.4 cm³/mol. The molecule has 1 aromatic heterocycles. The van der Waals surface area contributed by atoms with E-state index in [2.05, 4.69) is 32.2 Å². The van der Waals surface area contributed by atoms with Crippen LogP contribution in [0.15, 0.2) is 15.9 Å². The van der Waals surface area contributed by atoms with Crippen LogP contribution in [0.5, 0.6) is 0 Å².